The average Bonchev–Trinajstić information content (AvgIpc) is 3.73. The maximum Gasteiger partial charge on any atom is 0.160 e. The summed E-state index contributed by atoms with van der Waals surface area (Å²) in [5.74, 6) is 1.49. The zero-order valence-electron chi connectivity index (χ0n) is 21.0. The molecule has 188 valence electrons. The Morgan fingerprint density at radius 2 is 1.87 bits per heavy atom. The molecule has 1 aliphatic rings. The molecule has 5 aromatic heterocycles. The predicted molar refractivity (Wildman–Crippen MR) is 149 cm³/mol. The fourth-order valence-corrected chi connectivity index (χ4v) is 5.50. The third-order valence-corrected chi connectivity index (χ3v) is 7.48. The lowest BCUT2D eigenvalue weighted by Crippen LogP contribution is -2.20. The highest BCUT2D eigenvalue weighted by Crippen LogP contribution is 2.32. The molecule has 0 spiro atoms. The molecule has 8 nitrogen and oxygen atoms in total. The summed E-state index contributed by atoms with van der Waals surface area (Å²) in [6.07, 6.45) is 12.9. The van der Waals surface area contributed by atoms with Gasteiger partial charge in [0.05, 0.1) is 11.2 Å². The Labute approximate surface area is 220 Å². The summed E-state index contributed by atoms with van der Waals surface area (Å²) in [5.41, 5.74) is 8.35. The number of rotatable bonds is 7. The molecular formula is C30H28N8. The van der Waals surface area contributed by atoms with Gasteiger partial charge in [-0.1, -0.05) is 25.0 Å². The van der Waals surface area contributed by atoms with Gasteiger partial charge in [-0.3, -0.25) is 15.1 Å². The van der Waals surface area contributed by atoms with E-state index in [0.717, 1.165) is 63.5 Å². The smallest absolute Gasteiger partial charge is 0.160 e. The molecule has 1 saturated carbocycles. The number of pyridine rings is 3. The summed E-state index contributed by atoms with van der Waals surface area (Å²) >= 11 is 0. The van der Waals surface area contributed by atoms with Crippen molar-refractivity contribution in [2.45, 2.75) is 32.2 Å². The van der Waals surface area contributed by atoms with E-state index >= 15 is 0 Å². The van der Waals surface area contributed by atoms with Crippen LogP contribution in [-0.2, 0) is 6.54 Å². The third-order valence-electron chi connectivity index (χ3n) is 7.48. The number of H-pyrrole nitrogens is 2. The van der Waals surface area contributed by atoms with Gasteiger partial charge in [0.15, 0.2) is 11.5 Å². The van der Waals surface area contributed by atoms with Gasteiger partial charge in [0.1, 0.15) is 11.2 Å². The first kappa shape index (κ1) is 22.7. The van der Waals surface area contributed by atoms with Crippen molar-refractivity contribution in [2.24, 2.45) is 5.92 Å². The molecule has 38 heavy (non-hydrogen) atoms. The standard InChI is InChI=1S/C30H28N8/c1-2-6-19(5-1)15-31-16-20-13-22(18-32-17-20)21-8-9-26-24(14-21)28(38-37-26)30-35-27-23(10-12-34-29(27)36-30)25-7-3-4-11-33-25/h3-4,7-14,17-19,31H,1-2,5-6,15-16H2,(H,37,38)(H,34,35,36). The number of aromatic nitrogens is 7. The van der Waals surface area contributed by atoms with Gasteiger partial charge >= 0.3 is 0 Å². The number of imidazole rings is 1. The lowest BCUT2D eigenvalue weighted by atomic mass is 10.0. The normalized spacial score (nSPS) is 14.1. The second-order valence-electron chi connectivity index (χ2n) is 10.1. The van der Waals surface area contributed by atoms with E-state index in [-0.39, 0.29) is 0 Å². The Morgan fingerprint density at radius 3 is 2.76 bits per heavy atom. The number of hydrogen-bond acceptors (Lipinski definition) is 6. The predicted octanol–water partition coefficient (Wildman–Crippen LogP) is 5.91. The second-order valence-corrected chi connectivity index (χ2v) is 10.1. The van der Waals surface area contributed by atoms with Gasteiger partial charge in [-0.05, 0) is 72.8 Å². The van der Waals surface area contributed by atoms with E-state index in [9.17, 15) is 0 Å². The maximum atomic E-state index is 4.90. The molecule has 1 aliphatic carbocycles. The molecule has 0 amide bonds. The summed E-state index contributed by atoms with van der Waals surface area (Å²) in [5, 5.41) is 12.4. The lowest BCUT2D eigenvalue weighted by Gasteiger charge is -2.11. The molecular weight excluding hydrogens is 472 g/mol. The van der Waals surface area contributed by atoms with Crippen LogP contribution in [0, 0.1) is 5.92 Å². The summed E-state index contributed by atoms with van der Waals surface area (Å²) < 4.78 is 0. The Kier molecular flexibility index (Phi) is 5.86. The molecule has 1 aromatic carbocycles. The number of hydrogen-bond donors (Lipinski definition) is 3. The zero-order chi connectivity index (χ0) is 25.3. The molecule has 5 heterocycles. The molecule has 0 radical (unpaired) electrons. The van der Waals surface area contributed by atoms with Crippen LogP contribution < -0.4 is 5.32 Å². The molecule has 0 saturated heterocycles. The van der Waals surface area contributed by atoms with Crippen LogP contribution in [0.15, 0.2) is 73.3 Å². The van der Waals surface area contributed by atoms with E-state index in [4.69, 9.17) is 4.98 Å². The Morgan fingerprint density at radius 1 is 0.921 bits per heavy atom. The van der Waals surface area contributed by atoms with Crippen LogP contribution in [0.5, 0.6) is 0 Å². The van der Waals surface area contributed by atoms with Crippen molar-refractivity contribution in [3.63, 3.8) is 0 Å². The molecule has 1 fully saturated rings. The third kappa shape index (κ3) is 4.33. The fourth-order valence-electron chi connectivity index (χ4n) is 5.50. The topological polar surface area (TPSA) is 108 Å². The van der Waals surface area contributed by atoms with Crippen molar-refractivity contribution in [1.29, 1.82) is 0 Å². The van der Waals surface area contributed by atoms with Crippen molar-refractivity contribution in [3.8, 4) is 33.9 Å². The highest BCUT2D eigenvalue weighted by molar-refractivity contribution is 5.97. The molecule has 3 N–H and O–H groups in total. The number of nitrogens with one attached hydrogen (secondary N) is 3. The van der Waals surface area contributed by atoms with Crippen molar-refractivity contribution >= 4 is 22.1 Å². The molecule has 0 atom stereocenters. The number of fused-ring (bicyclic) bond motifs is 2. The lowest BCUT2D eigenvalue weighted by molar-refractivity contribution is 0.489. The van der Waals surface area contributed by atoms with E-state index < -0.39 is 0 Å². The van der Waals surface area contributed by atoms with Crippen LogP contribution in [0.2, 0.25) is 0 Å². The first-order valence-electron chi connectivity index (χ1n) is 13.2. The first-order chi connectivity index (χ1) is 18.8. The minimum atomic E-state index is 0.669. The minimum absolute atomic E-state index is 0.669. The summed E-state index contributed by atoms with van der Waals surface area (Å²) in [6.45, 7) is 1.92. The number of aromatic amines is 2. The monoisotopic (exact) mass is 500 g/mol. The van der Waals surface area contributed by atoms with Gasteiger partial charge < -0.3 is 10.3 Å². The van der Waals surface area contributed by atoms with Crippen LogP contribution in [0.4, 0.5) is 0 Å². The maximum absolute atomic E-state index is 4.90. The van der Waals surface area contributed by atoms with E-state index in [1.54, 1.807) is 12.4 Å². The van der Waals surface area contributed by atoms with Crippen molar-refractivity contribution in [3.05, 3.63) is 78.9 Å². The van der Waals surface area contributed by atoms with Crippen LogP contribution in [0.1, 0.15) is 31.2 Å². The summed E-state index contributed by atoms with van der Waals surface area (Å²) in [7, 11) is 0. The van der Waals surface area contributed by atoms with E-state index in [1.807, 2.05) is 36.7 Å². The van der Waals surface area contributed by atoms with Crippen LogP contribution in [0.3, 0.4) is 0 Å². The van der Waals surface area contributed by atoms with Crippen LogP contribution in [-0.4, -0.2) is 41.7 Å². The summed E-state index contributed by atoms with van der Waals surface area (Å²) in [4.78, 5) is 21.8. The van der Waals surface area contributed by atoms with Gasteiger partial charge in [-0.2, -0.15) is 5.10 Å². The van der Waals surface area contributed by atoms with Crippen LogP contribution >= 0.6 is 0 Å². The van der Waals surface area contributed by atoms with E-state index in [2.05, 4.69) is 59.7 Å². The molecule has 0 bridgehead atoms. The summed E-state index contributed by atoms with van der Waals surface area (Å²) in [6, 6.07) is 16.3. The molecule has 6 aromatic rings. The molecule has 0 aliphatic heterocycles. The van der Waals surface area contributed by atoms with E-state index in [1.165, 1.54) is 31.2 Å². The number of benzene rings is 1. The quantitative estimate of drug-likeness (QED) is 0.252. The van der Waals surface area contributed by atoms with Crippen molar-refractivity contribution < 1.29 is 0 Å². The second kappa shape index (κ2) is 9.79. The Bertz CT molecular complexity index is 1710. The SMILES string of the molecule is c1ccc(-c2ccnc3[nH]c(-c4n[nH]c5ccc(-c6cncc(CNCC7CCCC7)c6)cc45)nc23)nc1. The zero-order valence-corrected chi connectivity index (χ0v) is 21.0. The van der Waals surface area contributed by atoms with Crippen molar-refractivity contribution in [1.82, 2.24) is 40.4 Å². The highest BCUT2D eigenvalue weighted by atomic mass is 15.1. The Hall–Kier alpha value is -4.43. The first-order valence-corrected chi connectivity index (χ1v) is 13.2. The van der Waals surface area contributed by atoms with Crippen LogP contribution in [0.25, 0.3) is 56.0 Å². The Balaban J connectivity index is 1.20. The van der Waals surface area contributed by atoms with E-state index in [0.29, 0.717) is 11.5 Å². The molecule has 0 unspecified atom stereocenters. The fraction of sp³-hybridized carbons (Fsp3) is 0.233. The highest BCUT2D eigenvalue weighted by Gasteiger charge is 2.17. The van der Waals surface area contributed by atoms with Gasteiger partial charge in [-0.15, -0.1) is 0 Å². The molecule has 8 heteroatoms. The van der Waals surface area contributed by atoms with Gasteiger partial charge in [0.25, 0.3) is 0 Å². The van der Waals surface area contributed by atoms with Gasteiger partial charge in [0, 0.05) is 47.8 Å². The minimum Gasteiger partial charge on any atom is -0.321 e. The molecule has 7 rings (SSSR count). The van der Waals surface area contributed by atoms with Gasteiger partial charge in [0.2, 0.25) is 0 Å². The average molecular weight is 501 g/mol. The van der Waals surface area contributed by atoms with Crippen molar-refractivity contribution in [2.75, 3.05) is 6.54 Å². The largest absolute Gasteiger partial charge is 0.321 e. The van der Waals surface area contributed by atoms with Gasteiger partial charge in [-0.25, -0.2) is 9.97 Å². The number of nitrogens with zero attached hydrogens (tertiary/aromatic N) is 5.